The van der Waals surface area contributed by atoms with Crippen LogP contribution in [0.2, 0.25) is 0 Å². The minimum atomic E-state index is -2.19. The van der Waals surface area contributed by atoms with E-state index in [4.69, 9.17) is 0 Å². The molecule has 1 saturated heterocycles. The Bertz CT molecular complexity index is 106. The molecule has 0 amide bonds. The minimum Gasteiger partial charge on any atom is -0.315 e. The van der Waals surface area contributed by atoms with Crippen LogP contribution in [0.25, 0.3) is 0 Å². The molecule has 0 bridgehead atoms. The van der Waals surface area contributed by atoms with E-state index in [0.29, 0.717) is 0 Å². The summed E-state index contributed by atoms with van der Waals surface area (Å²) in [6.45, 7) is 3.29. The number of hydrogen-bond donors (Lipinski definition) is 1. The molecule has 0 atom stereocenters. The van der Waals surface area contributed by atoms with E-state index in [-0.39, 0.29) is 19.0 Å². The van der Waals surface area contributed by atoms with Gasteiger partial charge in [0.25, 0.3) is 6.43 Å². The van der Waals surface area contributed by atoms with Crippen molar-refractivity contribution in [3.8, 4) is 0 Å². The molecule has 2 nitrogen and oxygen atoms in total. The summed E-state index contributed by atoms with van der Waals surface area (Å²) < 4.78 is 23.8. The zero-order valence-electron chi connectivity index (χ0n) is 6.93. The van der Waals surface area contributed by atoms with Crippen molar-refractivity contribution < 1.29 is 8.78 Å². The SMILES string of the molecule is Cl.FC(F)CN1CCCNCC1. The average molecular weight is 201 g/mol. The lowest BCUT2D eigenvalue weighted by Gasteiger charge is -2.17. The second-order valence-electron chi connectivity index (χ2n) is 2.80. The quantitative estimate of drug-likeness (QED) is 0.715. The standard InChI is InChI=1S/C7H14F2N2.ClH/c8-7(9)6-11-4-1-2-10-3-5-11;/h7,10H,1-6H2;1H. The normalized spacial score (nSPS) is 20.2. The molecule has 0 aromatic carbocycles. The molecular weight excluding hydrogens is 186 g/mol. The number of halogens is 3. The molecule has 74 valence electrons. The van der Waals surface area contributed by atoms with Gasteiger partial charge in [-0.15, -0.1) is 12.4 Å². The van der Waals surface area contributed by atoms with Crippen LogP contribution in [0.15, 0.2) is 0 Å². The zero-order chi connectivity index (χ0) is 8.10. The Morgan fingerprint density at radius 2 is 2.00 bits per heavy atom. The van der Waals surface area contributed by atoms with Gasteiger partial charge in [-0.25, -0.2) is 8.78 Å². The van der Waals surface area contributed by atoms with Crippen molar-refractivity contribution >= 4 is 12.4 Å². The molecule has 0 aromatic rings. The first kappa shape index (κ1) is 12.1. The summed E-state index contributed by atoms with van der Waals surface area (Å²) >= 11 is 0. The molecule has 0 unspecified atom stereocenters. The Balaban J connectivity index is 0.00000121. The topological polar surface area (TPSA) is 15.3 Å². The predicted molar refractivity (Wildman–Crippen MR) is 47.2 cm³/mol. The van der Waals surface area contributed by atoms with Gasteiger partial charge in [0.1, 0.15) is 0 Å². The number of hydrogen-bond acceptors (Lipinski definition) is 2. The molecule has 1 heterocycles. The summed E-state index contributed by atoms with van der Waals surface area (Å²) in [6.07, 6.45) is -1.21. The van der Waals surface area contributed by atoms with E-state index in [0.717, 1.165) is 32.6 Å². The molecule has 0 aromatic heterocycles. The highest BCUT2D eigenvalue weighted by Crippen LogP contribution is 2.00. The van der Waals surface area contributed by atoms with E-state index in [1.807, 2.05) is 4.90 Å². The van der Waals surface area contributed by atoms with Crippen LogP contribution in [0.5, 0.6) is 0 Å². The lowest BCUT2D eigenvalue weighted by Crippen LogP contribution is -2.32. The van der Waals surface area contributed by atoms with Crippen molar-refractivity contribution in [1.29, 1.82) is 0 Å². The fourth-order valence-electron chi connectivity index (χ4n) is 1.28. The Hall–Kier alpha value is 0.0700. The van der Waals surface area contributed by atoms with Crippen molar-refractivity contribution in [3.63, 3.8) is 0 Å². The van der Waals surface area contributed by atoms with Crippen molar-refractivity contribution in [2.75, 3.05) is 32.7 Å². The summed E-state index contributed by atoms with van der Waals surface area (Å²) in [7, 11) is 0. The van der Waals surface area contributed by atoms with Gasteiger partial charge in [-0.2, -0.15) is 0 Å². The molecule has 1 fully saturated rings. The third kappa shape index (κ3) is 4.85. The van der Waals surface area contributed by atoms with Gasteiger partial charge in [0.2, 0.25) is 0 Å². The molecule has 1 rings (SSSR count). The van der Waals surface area contributed by atoms with Crippen molar-refractivity contribution in [1.82, 2.24) is 10.2 Å². The van der Waals surface area contributed by atoms with E-state index in [2.05, 4.69) is 5.32 Å². The van der Waals surface area contributed by atoms with Gasteiger partial charge in [0, 0.05) is 13.1 Å². The average Bonchev–Trinajstić information content (AvgIpc) is 2.14. The largest absolute Gasteiger partial charge is 0.315 e. The number of nitrogens with zero attached hydrogens (tertiary/aromatic N) is 1. The molecule has 1 N–H and O–H groups in total. The molecule has 1 aliphatic rings. The van der Waals surface area contributed by atoms with Crippen LogP contribution in [0.4, 0.5) is 8.78 Å². The Morgan fingerprint density at radius 1 is 1.25 bits per heavy atom. The number of nitrogens with one attached hydrogen (secondary N) is 1. The maximum atomic E-state index is 11.9. The van der Waals surface area contributed by atoms with Gasteiger partial charge in [0.15, 0.2) is 0 Å². The van der Waals surface area contributed by atoms with E-state index in [1.54, 1.807) is 0 Å². The van der Waals surface area contributed by atoms with E-state index < -0.39 is 6.43 Å². The van der Waals surface area contributed by atoms with E-state index in [9.17, 15) is 8.78 Å². The van der Waals surface area contributed by atoms with Crippen LogP contribution in [-0.2, 0) is 0 Å². The summed E-state index contributed by atoms with van der Waals surface area (Å²) in [5.74, 6) is 0. The minimum absolute atomic E-state index is 0. The molecule has 12 heavy (non-hydrogen) atoms. The molecule has 0 spiro atoms. The van der Waals surface area contributed by atoms with Crippen molar-refractivity contribution in [2.45, 2.75) is 12.8 Å². The van der Waals surface area contributed by atoms with Crippen LogP contribution in [0.1, 0.15) is 6.42 Å². The van der Waals surface area contributed by atoms with Crippen LogP contribution in [0, 0.1) is 0 Å². The van der Waals surface area contributed by atoms with Crippen LogP contribution >= 0.6 is 12.4 Å². The highest BCUT2D eigenvalue weighted by atomic mass is 35.5. The number of alkyl halides is 2. The summed E-state index contributed by atoms with van der Waals surface area (Å²) in [6, 6.07) is 0. The Kier molecular flexibility index (Phi) is 6.61. The maximum Gasteiger partial charge on any atom is 0.251 e. The lowest BCUT2D eigenvalue weighted by molar-refractivity contribution is 0.0915. The maximum absolute atomic E-state index is 11.9. The van der Waals surface area contributed by atoms with Crippen LogP contribution in [0.3, 0.4) is 0 Å². The third-order valence-electron chi connectivity index (χ3n) is 1.83. The fourth-order valence-corrected chi connectivity index (χ4v) is 1.28. The summed E-state index contributed by atoms with van der Waals surface area (Å²) in [4.78, 5) is 1.81. The van der Waals surface area contributed by atoms with Gasteiger partial charge in [0.05, 0.1) is 6.54 Å². The predicted octanol–water partition coefficient (Wildman–Crippen LogP) is 0.969. The van der Waals surface area contributed by atoms with E-state index in [1.165, 1.54) is 0 Å². The van der Waals surface area contributed by atoms with Gasteiger partial charge >= 0.3 is 0 Å². The van der Waals surface area contributed by atoms with Crippen molar-refractivity contribution in [2.24, 2.45) is 0 Å². The Labute approximate surface area is 77.7 Å². The van der Waals surface area contributed by atoms with Gasteiger partial charge in [-0.05, 0) is 19.5 Å². The summed E-state index contributed by atoms with van der Waals surface area (Å²) in [5, 5.41) is 3.16. The molecule has 0 aliphatic carbocycles. The van der Waals surface area contributed by atoms with Crippen LogP contribution in [-0.4, -0.2) is 44.0 Å². The second-order valence-corrected chi connectivity index (χ2v) is 2.80. The van der Waals surface area contributed by atoms with Gasteiger partial charge in [-0.3, -0.25) is 4.90 Å². The first-order chi connectivity index (χ1) is 5.29. The molecule has 0 saturated carbocycles. The molecule has 1 aliphatic heterocycles. The highest BCUT2D eigenvalue weighted by molar-refractivity contribution is 5.85. The van der Waals surface area contributed by atoms with Gasteiger partial charge < -0.3 is 5.32 Å². The molecular formula is C7H15ClF2N2. The Morgan fingerprint density at radius 3 is 2.67 bits per heavy atom. The zero-order valence-corrected chi connectivity index (χ0v) is 7.75. The fraction of sp³-hybridized carbons (Fsp3) is 1.00. The highest BCUT2D eigenvalue weighted by Gasteiger charge is 2.12. The van der Waals surface area contributed by atoms with Crippen molar-refractivity contribution in [3.05, 3.63) is 0 Å². The second kappa shape index (κ2) is 6.57. The molecule has 0 radical (unpaired) electrons. The molecule has 5 heteroatoms. The first-order valence-corrected chi connectivity index (χ1v) is 4.00. The smallest absolute Gasteiger partial charge is 0.251 e. The number of rotatable bonds is 2. The lowest BCUT2D eigenvalue weighted by atomic mass is 10.4. The summed E-state index contributed by atoms with van der Waals surface area (Å²) in [5.41, 5.74) is 0. The monoisotopic (exact) mass is 200 g/mol. The third-order valence-corrected chi connectivity index (χ3v) is 1.83. The van der Waals surface area contributed by atoms with Crippen LogP contribution < -0.4 is 5.32 Å². The first-order valence-electron chi connectivity index (χ1n) is 4.00. The van der Waals surface area contributed by atoms with E-state index >= 15 is 0 Å². The van der Waals surface area contributed by atoms with Gasteiger partial charge in [-0.1, -0.05) is 0 Å².